The molecule has 0 amide bonds. The number of nitrogens with zero attached hydrogens (tertiary/aromatic N) is 3. The van der Waals surface area contributed by atoms with Crippen molar-refractivity contribution in [3.63, 3.8) is 0 Å². The van der Waals surface area contributed by atoms with E-state index in [1.165, 1.54) is 11.0 Å². The van der Waals surface area contributed by atoms with Crippen LogP contribution in [0.15, 0.2) is 30.6 Å². The minimum Gasteiger partial charge on any atom is -1.00 e. The van der Waals surface area contributed by atoms with Gasteiger partial charge < -0.3 is 17.9 Å². The molecule has 0 aliphatic rings. The smallest absolute Gasteiger partial charge is 1.00 e. The summed E-state index contributed by atoms with van der Waals surface area (Å²) in [5.74, 6) is 0.301. The number of hydrogen-bond donors (Lipinski definition) is 3. The first-order chi connectivity index (χ1) is 8.65. The predicted molar refractivity (Wildman–Crippen MR) is 76.8 cm³/mol. The van der Waals surface area contributed by atoms with E-state index in [9.17, 15) is 0 Å². The van der Waals surface area contributed by atoms with Gasteiger partial charge in [-0.05, 0) is 24.4 Å². The molecule has 0 atom stereocenters. The van der Waals surface area contributed by atoms with Gasteiger partial charge in [0.1, 0.15) is 6.33 Å². The fourth-order valence-corrected chi connectivity index (χ4v) is 2.33. The number of anilines is 2. The molecule has 0 fully saturated rings. The third-order valence-corrected chi connectivity index (χ3v) is 3.15. The molecular weight excluding hydrogens is 291 g/mol. The van der Waals surface area contributed by atoms with Crippen LogP contribution in [0.2, 0.25) is 0 Å². The van der Waals surface area contributed by atoms with Gasteiger partial charge in [0.25, 0.3) is 0 Å². The van der Waals surface area contributed by atoms with E-state index in [-0.39, 0.29) is 42.9 Å². The van der Waals surface area contributed by atoms with Crippen LogP contribution in [0, 0.1) is 3.95 Å². The third-order valence-electron chi connectivity index (χ3n) is 1.94. The Bertz CT molecular complexity index is 663. The predicted octanol–water partition coefficient (Wildman–Crippen LogP) is -0.889. The minimum atomic E-state index is 0. The molecule has 9 heteroatoms. The van der Waals surface area contributed by atoms with Crippen LogP contribution in [0.5, 0.6) is 0 Å². The Morgan fingerprint density at radius 3 is 2.32 bits per heavy atom. The van der Waals surface area contributed by atoms with Gasteiger partial charge in [0, 0.05) is 0 Å². The van der Waals surface area contributed by atoms with E-state index in [1.807, 2.05) is 18.2 Å². The van der Waals surface area contributed by atoms with E-state index < -0.39 is 0 Å². The van der Waals surface area contributed by atoms with Crippen LogP contribution in [-0.4, -0.2) is 19.9 Å². The van der Waals surface area contributed by atoms with Crippen LogP contribution in [0.4, 0.5) is 11.9 Å². The first-order valence-corrected chi connectivity index (χ1v) is 6.15. The second kappa shape index (κ2) is 7.51. The largest absolute Gasteiger partial charge is 1.00 e. The molecule has 0 aliphatic carbocycles. The SMILES string of the molecule is Nc1ncnc(N)n1.S=c1[nH]c2ccccc2s1.[H-].[Na+]. The van der Waals surface area contributed by atoms with Crippen LogP contribution >= 0.6 is 23.6 Å². The maximum atomic E-state index is 5.12. The standard InChI is InChI=1S/C7H5NS2.C3H5N5.Na.H/c9-7-8-5-3-1-2-4-6(5)10-7;4-2-6-1-7-3(5)8-2;;/h1-4H,(H,8,9);1H,(H4,4,5,6,7,8);;/q;;+1;-1. The van der Waals surface area contributed by atoms with Gasteiger partial charge in [0.05, 0.1) is 10.2 Å². The van der Waals surface area contributed by atoms with Gasteiger partial charge in [-0.15, -0.1) is 11.3 Å². The van der Waals surface area contributed by atoms with E-state index in [4.69, 9.17) is 23.7 Å². The molecule has 5 N–H and O–H groups in total. The molecule has 0 saturated carbocycles. The molecule has 94 valence electrons. The number of nitrogens with two attached hydrogens (primary N) is 2. The second-order valence-electron chi connectivity index (χ2n) is 3.21. The van der Waals surface area contributed by atoms with E-state index in [1.54, 1.807) is 11.3 Å². The number of H-pyrrole nitrogens is 1. The number of nitrogen functional groups attached to an aromatic ring is 2. The first-order valence-electron chi connectivity index (χ1n) is 4.93. The van der Waals surface area contributed by atoms with Crippen LogP contribution in [0.3, 0.4) is 0 Å². The molecule has 6 nitrogen and oxygen atoms in total. The first kappa shape index (κ1) is 16.0. The monoisotopic (exact) mass is 302 g/mol. The summed E-state index contributed by atoms with van der Waals surface area (Å²) < 4.78 is 2.08. The average molecular weight is 302 g/mol. The van der Waals surface area contributed by atoms with Crippen LogP contribution in [0.25, 0.3) is 10.2 Å². The van der Waals surface area contributed by atoms with E-state index in [0.717, 1.165) is 9.47 Å². The van der Waals surface area contributed by atoms with Crippen molar-refractivity contribution in [2.24, 2.45) is 0 Å². The van der Waals surface area contributed by atoms with Gasteiger partial charge in [-0.2, -0.15) is 4.98 Å². The third kappa shape index (κ3) is 4.84. The Hall–Kier alpha value is -1.06. The van der Waals surface area contributed by atoms with Crippen molar-refractivity contribution >= 4 is 45.7 Å². The molecule has 1 aromatic carbocycles. The maximum absolute atomic E-state index is 5.12. The van der Waals surface area contributed by atoms with Crippen molar-refractivity contribution in [3.05, 3.63) is 34.5 Å². The number of fused-ring (bicyclic) bond motifs is 1. The molecule has 2 aromatic heterocycles. The second-order valence-corrected chi connectivity index (χ2v) is 4.93. The number of nitrogens with one attached hydrogen (secondary N) is 1. The summed E-state index contributed by atoms with van der Waals surface area (Å²) in [7, 11) is 0. The maximum Gasteiger partial charge on any atom is 1.00 e. The Kier molecular flexibility index (Phi) is 6.32. The van der Waals surface area contributed by atoms with Crippen molar-refractivity contribution < 1.29 is 31.0 Å². The zero-order valence-electron chi connectivity index (χ0n) is 11.2. The Morgan fingerprint density at radius 1 is 1.16 bits per heavy atom. The summed E-state index contributed by atoms with van der Waals surface area (Å²) in [5.41, 5.74) is 11.4. The molecular formula is C10H11N6NaS2. The summed E-state index contributed by atoms with van der Waals surface area (Å²) in [5, 5.41) is 0. The van der Waals surface area contributed by atoms with Gasteiger partial charge in [-0.3, -0.25) is 0 Å². The summed E-state index contributed by atoms with van der Waals surface area (Å²) in [6, 6.07) is 8.11. The number of thiazole rings is 1. The zero-order valence-corrected chi connectivity index (χ0v) is 13.8. The molecule has 3 aromatic rings. The topological polar surface area (TPSA) is 106 Å². The number of hydrogen-bond acceptors (Lipinski definition) is 7. The van der Waals surface area contributed by atoms with E-state index in [0.29, 0.717) is 0 Å². The van der Waals surface area contributed by atoms with Gasteiger partial charge in [-0.1, -0.05) is 12.1 Å². The molecule has 19 heavy (non-hydrogen) atoms. The van der Waals surface area contributed by atoms with Gasteiger partial charge in [0.2, 0.25) is 11.9 Å². The van der Waals surface area contributed by atoms with Gasteiger partial charge in [-0.25, -0.2) is 9.97 Å². The molecule has 0 saturated heterocycles. The molecule has 0 spiro atoms. The minimum absolute atomic E-state index is 0. The van der Waals surface area contributed by atoms with E-state index >= 15 is 0 Å². The summed E-state index contributed by atoms with van der Waals surface area (Å²) in [6.45, 7) is 0. The van der Waals surface area contributed by atoms with Crippen molar-refractivity contribution in [1.82, 2.24) is 19.9 Å². The fourth-order valence-electron chi connectivity index (χ4n) is 1.22. The summed E-state index contributed by atoms with van der Waals surface area (Å²) >= 11 is 6.59. The van der Waals surface area contributed by atoms with E-state index in [2.05, 4.69) is 26.0 Å². The van der Waals surface area contributed by atoms with Gasteiger partial charge in [0.15, 0.2) is 3.95 Å². The number of aromatic amines is 1. The van der Waals surface area contributed by atoms with Crippen molar-refractivity contribution in [1.29, 1.82) is 0 Å². The molecule has 3 rings (SSSR count). The van der Waals surface area contributed by atoms with Gasteiger partial charge >= 0.3 is 29.6 Å². The molecule has 2 heterocycles. The fraction of sp³-hybridized carbons (Fsp3) is 0. The van der Waals surface area contributed by atoms with Crippen LogP contribution in [0.1, 0.15) is 1.43 Å². The van der Waals surface area contributed by atoms with Crippen LogP contribution in [-0.2, 0) is 0 Å². The average Bonchev–Trinajstić information content (AvgIpc) is 2.69. The Balaban J connectivity index is 0.000000336. The molecule has 0 radical (unpaired) electrons. The quantitative estimate of drug-likeness (QED) is 0.367. The van der Waals surface area contributed by atoms with Crippen molar-refractivity contribution in [2.75, 3.05) is 11.5 Å². The number of aromatic nitrogens is 4. The zero-order chi connectivity index (χ0) is 13.0. The Morgan fingerprint density at radius 2 is 1.79 bits per heavy atom. The summed E-state index contributed by atoms with van der Waals surface area (Å²) in [4.78, 5) is 13.6. The van der Waals surface area contributed by atoms with Crippen molar-refractivity contribution in [2.45, 2.75) is 0 Å². The van der Waals surface area contributed by atoms with Crippen molar-refractivity contribution in [3.8, 4) is 0 Å². The summed E-state index contributed by atoms with van der Waals surface area (Å²) in [6.07, 6.45) is 1.26. The number of benzene rings is 1. The molecule has 0 aliphatic heterocycles. The van der Waals surface area contributed by atoms with Crippen LogP contribution < -0.4 is 41.0 Å². The molecule has 0 unspecified atom stereocenters. The number of rotatable bonds is 0. The normalized spacial score (nSPS) is 9.26. The number of para-hydroxylation sites is 1. The Labute approximate surface area is 142 Å². The molecule has 0 bridgehead atoms.